The van der Waals surface area contributed by atoms with Crippen LogP contribution >= 0.6 is 0 Å². The number of carboxylic acids is 1. The van der Waals surface area contributed by atoms with E-state index in [-0.39, 0.29) is 5.56 Å². The van der Waals surface area contributed by atoms with Crippen molar-refractivity contribution in [2.45, 2.75) is 6.61 Å². The summed E-state index contributed by atoms with van der Waals surface area (Å²) in [5.41, 5.74) is 3.23. The molecule has 4 rings (SSSR count). The van der Waals surface area contributed by atoms with Crippen molar-refractivity contribution < 1.29 is 14.6 Å². The monoisotopic (exact) mass is 355 g/mol. The molecule has 4 nitrogen and oxygen atoms in total. The molecule has 0 aliphatic heterocycles. The van der Waals surface area contributed by atoms with Crippen molar-refractivity contribution in [1.82, 2.24) is 4.98 Å². The molecule has 0 amide bonds. The second kappa shape index (κ2) is 7.30. The lowest BCUT2D eigenvalue weighted by Crippen LogP contribution is -1.96. The number of benzene rings is 3. The number of carbonyl (C=O) groups is 1. The predicted octanol–water partition coefficient (Wildman–Crippen LogP) is 5.18. The van der Waals surface area contributed by atoms with Gasteiger partial charge in [-0.3, -0.25) is 4.98 Å². The van der Waals surface area contributed by atoms with Gasteiger partial charge in [0.05, 0.1) is 5.56 Å². The Morgan fingerprint density at radius 3 is 2.44 bits per heavy atom. The number of fused-ring (bicyclic) bond motifs is 1. The van der Waals surface area contributed by atoms with Gasteiger partial charge in [-0.25, -0.2) is 4.79 Å². The highest BCUT2D eigenvalue weighted by Gasteiger charge is 2.09. The summed E-state index contributed by atoms with van der Waals surface area (Å²) in [6.45, 7) is 0.512. The highest BCUT2D eigenvalue weighted by Crippen LogP contribution is 2.30. The summed E-state index contributed by atoms with van der Waals surface area (Å²) in [4.78, 5) is 15.6. The number of rotatable bonds is 5. The third kappa shape index (κ3) is 3.65. The van der Waals surface area contributed by atoms with Crippen LogP contribution in [0.25, 0.3) is 21.9 Å². The number of aromatic carboxylic acids is 1. The molecule has 0 bridgehead atoms. The average Bonchev–Trinajstić information content (AvgIpc) is 2.72. The Hall–Kier alpha value is -3.66. The number of hydrogen-bond acceptors (Lipinski definition) is 3. The Morgan fingerprint density at radius 2 is 1.70 bits per heavy atom. The first kappa shape index (κ1) is 16.8. The summed E-state index contributed by atoms with van der Waals surface area (Å²) in [7, 11) is 0. The van der Waals surface area contributed by atoms with Crippen LogP contribution in [0, 0.1) is 0 Å². The maximum atomic E-state index is 11.3. The fraction of sp³-hybridized carbons (Fsp3) is 0.0435. The molecule has 0 atom stereocenters. The second-order valence-corrected chi connectivity index (χ2v) is 6.23. The van der Waals surface area contributed by atoms with Crippen molar-refractivity contribution in [2.24, 2.45) is 0 Å². The molecule has 0 unspecified atom stereocenters. The lowest BCUT2D eigenvalue weighted by Gasteiger charge is -2.10. The van der Waals surface area contributed by atoms with Gasteiger partial charge in [0.15, 0.2) is 0 Å². The van der Waals surface area contributed by atoms with E-state index in [1.54, 1.807) is 30.6 Å². The van der Waals surface area contributed by atoms with Crippen LogP contribution in [0.4, 0.5) is 0 Å². The summed E-state index contributed by atoms with van der Waals surface area (Å²) in [6.07, 6.45) is 3.50. The Kier molecular flexibility index (Phi) is 4.54. The van der Waals surface area contributed by atoms with E-state index in [2.05, 4.69) is 4.98 Å². The highest BCUT2D eigenvalue weighted by molar-refractivity contribution is 6.00. The van der Waals surface area contributed by atoms with Crippen molar-refractivity contribution in [3.05, 3.63) is 96.3 Å². The van der Waals surface area contributed by atoms with Crippen LogP contribution in [-0.4, -0.2) is 16.1 Å². The van der Waals surface area contributed by atoms with E-state index in [0.717, 1.165) is 33.2 Å². The Morgan fingerprint density at radius 1 is 0.926 bits per heavy atom. The first-order valence-electron chi connectivity index (χ1n) is 8.59. The van der Waals surface area contributed by atoms with Crippen LogP contribution < -0.4 is 4.74 Å². The molecule has 3 aromatic carbocycles. The van der Waals surface area contributed by atoms with Gasteiger partial charge in [-0.05, 0) is 40.8 Å². The van der Waals surface area contributed by atoms with E-state index in [1.807, 2.05) is 54.6 Å². The zero-order valence-electron chi connectivity index (χ0n) is 14.5. The Labute approximate surface area is 156 Å². The molecular formula is C23H17NO3. The summed E-state index contributed by atoms with van der Waals surface area (Å²) in [6, 6.07) is 22.8. The predicted molar refractivity (Wildman–Crippen MR) is 105 cm³/mol. The minimum absolute atomic E-state index is 0.262. The fourth-order valence-electron chi connectivity index (χ4n) is 3.00. The molecular weight excluding hydrogens is 338 g/mol. The van der Waals surface area contributed by atoms with Crippen LogP contribution in [0.1, 0.15) is 15.9 Å². The van der Waals surface area contributed by atoms with Gasteiger partial charge >= 0.3 is 5.97 Å². The topological polar surface area (TPSA) is 59.4 Å². The molecule has 0 saturated heterocycles. The maximum Gasteiger partial charge on any atom is 0.335 e. The van der Waals surface area contributed by atoms with E-state index in [0.29, 0.717) is 6.61 Å². The molecule has 1 N–H and O–H groups in total. The normalized spacial score (nSPS) is 10.7. The molecule has 27 heavy (non-hydrogen) atoms. The smallest absolute Gasteiger partial charge is 0.335 e. The zero-order valence-corrected chi connectivity index (χ0v) is 14.5. The van der Waals surface area contributed by atoms with Crippen LogP contribution in [0.2, 0.25) is 0 Å². The Balaban J connectivity index is 1.62. The number of nitrogens with zero attached hydrogens (tertiary/aromatic N) is 1. The van der Waals surface area contributed by atoms with E-state index in [1.165, 1.54) is 0 Å². The molecule has 1 aromatic heterocycles. The van der Waals surface area contributed by atoms with Gasteiger partial charge in [-0.2, -0.15) is 0 Å². The molecule has 4 aromatic rings. The summed E-state index contributed by atoms with van der Waals surface area (Å²) in [5.74, 6) is -0.161. The van der Waals surface area contributed by atoms with Crippen LogP contribution in [0.15, 0.2) is 85.2 Å². The molecule has 132 valence electrons. The largest absolute Gasteiger partial charge is 0.489 e. The minimum Gasteiger partial charge on any atom is -0.489 e. The second-order valence-electron chi connectivity index (χ2n) is 6.23. The van der Waals surface area contributed by atoms with Gasteiger partial charge in [0.25, 0.3) is 0 Å². The van der Waals surface area contributed by atoms with Crippen LogP contribution in [0.3, 0.4) is 0 Å². The quantitative estimate of drug-likeness (QED) is 0.536. The first-order chi connectivity index (χ1) is 13.2. The lowest BCUT2D eigenvalue weighted by atomic mass is 9.99. The van der Waals surface area contributed by atoms with Crippen molar-refractivity contribution >= 4 is 16.7 Å². The molecule has 0 aliphatic carbocycles. The number of ether oxygens (including phenoxy) is 1. The van der Waals surface area contributed by atoms with Gasteiger partial charge in [-0.1, -0.05) is 48.5 Å². The molecule has 4 heteroatoms. The van der Waals surface area contributed by atoms with E-state index in [9.17, 15) is 9.90 Å². The third-order valence-electron chi connectivity index (χ3n) is 4.42. The minimum atomic E-state index is -0.940. The summed E-state index contributed by atoms with van der Waals surface area (Å²) in [5, 5.41) is 11.0. The van der Waals surface area contributed by atoms with Crippen molar-refractivity contribution in [2.75, 3.05) is 0 Å². The van der Waals surface area contributed by atoms with Crippen molar-refractivity contribution in [3.8, 4) is 16.9 Å². The molecule has 1 heterocycles. The van der Waals surface area contributed by atoms with Gasteiger partial charge in [0.1, 0.15) is 12.4 Å². The molecule has 0 fully saturated rings. The maximum absolute atomic E-state index is 11.3. The molecule has 0 spiro atoms. The number of hydrogen-bond donors (Lipinski definition) is 1. The fourth-order valence-corrected chi connectivity index (χ4v) is 3.00. The summed E-state index contributed by atoms with van der Waals surface area (Å²) < 4.78 is 5.83. The SMILES string of the molecule is O=C(O)c1ccc2cncc(-c3ccc(OCc4ccccc4)cc3)c2c1. The number of carboxylic acid groups (broad SMARTS) is 1. The molecule has 0 saturated carbocycles. The van der Waals surface area contributed by atoms with Crippen molar-refractivity contribution in [3.63, 3.8) is 0 Å². The van der Waals surface area contributed by atoms with E-state index < -0.39 is 5.97 Å². The molecule has 0 aliphatic rings. The number of pyridine rings is 1. The Bertz CT molecular complexity index is 1090. The van der Waals surface area contributed by atoms with E-state index in [4.69, 9.17) is 4.74 Å². The van der Waals surface area contributed by atoms with Crippen LogP contribution in [-0.2, 0) is 6.61 Å². The average molecular weight is 355 g/mol. The third-order valence-corrected chi connectivity index (χ3v) is 4.42. The first-order valence-corrected chi connectivity index (χ1v) is 8.59. The van der Waals surface area contributed by atoms with Gasteiger partial charge in [0, 0.05) is 23.3 Å². The standard InChI is InChI=1S/C23H17NO3/c25-23(26)18-6-7-19-13-24-14-22(21(19)12-18)17-8-10-20(11-9-17)27-15-16-4-2-1-3-5-16/h1-14H,15H2,(H,25,26). The van der Waals surface area contributed by atoms with E-state index >= 15 is 0 Å². The van der Waals surface area contributed by atoms with Gasteiger partial charge in [0.2, 0.25) is 0 Å². The lowest BCUT2D eigenvalue weighted by molar-refractivity contribution is 0.0697. The van der Waals surface area contributed by atoms with Crippen LogP contribution in [0.5, 0.6) is 5.75 Å². The van der Waals surface area contributed by atoms with Gasteiger partial charge in [-0.15, -0.1) is 0 Å². The molecule has 0 radical (unpaired) electrons. The highest BCUT2D eigenvalue weighted by atomic mass is 16.5. The van der Waals surface area contributed by atoms with Crippen molar-refractivity contribution in [1.29, 1.82) is 0 Å². The number of aromatic nitrogens is 1. The summed E-state index contributed by atoms with van der Waals surface area (Å²) >= 11 is 0. The zero-order chi connectivity index (χ0) is 18.6. The van der Waals surface area contributed by atoms with Gasteiger partial charge < -0.3 is 9.84 Å².